The van der Waals surface area contributed by atoms with Crippen LogP contribution in [-0.4, -0.2) is 39.7 Å². The van der Waals surface area contributed by atoms with Gasteiger partial charge < -0.3 is 15.0 Å². The molecule has 0 saturated carbocycles. The third kappa shape index (κ3) is 4.50. The number of H-pyrrole nitrogens is 1. The van der Waals surface area contributed by atoms with E-state index >= 15 is 0 Å². The maximum Gasteiger partial charge on any atom is 0.129 e. The molecule has 0 amide bonds. The van der Waals surface area contributed by atoms with E-state index in [1.807, 2.05) is 25.1 Å². The predicted octanol–water partition coefficient (Wildman–Crippen LogP) is 4.61. The minimum absolute atomic E-state index is 0.0623. The van der Waals surface area contributed by atoms with Gasteiger partial charge in [-0.1, -0.05) is 42.5 Å². The van der Waals surface area contributed by atoms with Gasteiger partial charge >= 0.3 is 0 Å². The van der Waals surface area contributed by atoms with E-state index in [1.54, 1.807) is 0 Å². The molecule has 1 saturated heterocycles. The van der Waals surface area contributed by atoms with E-state index in [2.05, 4.69) is 67.7 Å². The van der Waals surface area contributed by atoms with Crippen LogP contribution in [0.3, 0.4) is 0 Å². The lowest BCUT2D eigenvalue weighted by atomic mass is 9.74. The Balaban J connectivity index is 1.29. The van der Waals surface area contributed by atoms with Crippen molar-refractivity contribution >= 4 is 16.9 Å². The number of hydrogen-bond acceptors (Lipinski definition) is 5. The van der Waals surface area contributed by atoms with Crippen LogP contribution in [0.2, 0.25) is 0 Å². The van der Waals surface area contributed by atoms with Crippen LogP contribution in [0.5, 0.6) is 0 Å². The summed E-state index contributed by atoms with van der Waals surface area (Å²) in [6, 6.07) is 21.0. The normalized spacial score (nSPS) is 15.7. The van der Waals surface area contributed by atoms with Gasteiger partial charge in [-0.3, -0.25) is 0 Å². The number of anilines is 1. The standard InChI is InChI=1S/C26H29N5O/c1-19-28-21(11-12-24-30-22-9-5-6-10-23(22)31-24)17-25(29-19)27-18-26(13-15-32-16-14-26)20-7-3-2-4-8-20/h2-10,17H,11-16,18H2,1H3,(H,30,31)(H,27,28,29). The largest absolute Gasteiger partial charge is 0.381 e. The second-order valence-corrected chi connectivity index (χ2v) is 8.60. The van der Waals surface area contributed by atoms with Crippen LogP contribution in [0, 0.1) is 6.92 Å². The van der Waals surface area contributed by atoms with Crippen molar-refractivity contribution in [1.82, 2.24) is 19.9 Å². The maximum absolute atomic E-state index is 5.67. The molecule has 3 heterocycles. The Morgan fingerprint density at radius 3 is 2.53 bits per heavy atom. The summed E-state index contributed by atoms with van der Waals surface area (Å²) < 4.78 is 5.67. The Morgan fingerprint density at radius 1 is 0.938 bits per heavy atom. The van der Waals surface area contributed by atoms with Crippen LogP contribution in [0.25, 0.3) is 11.0 Å². The van der Waals surface area contributed by atoms with Gasteiger partial charge in [0.15, 0.2) is 0 Å². The number of fused-ring (bicyclic) bond motifs is 1. The number of rotatable bonds is 7. The van der Waals surface area contributed by atoms with Crippen molar-refractivity contribution < 1.29 is 4.74 Å². The zero-order valence-electron chi connectivity index (χ0n) is 18.5. The average molecular weight is 428 g/mol. The summed E-state index contributed by atoms with van der Waals surface area (Å²) in [5, 5.41) is 3.62. The Morgan fingerprint density at radius 2 is 1.72 bits per heavy atom. The maximum atomic E-state index is 5.67. The SMILES string of the molecule is Cc1nc(CCc2nc3ccccc3[nH]2)cc(NCC2(c3ccccc3)CCOCC2)n1. The summed E-state index contributed by atoms with van der Waals surface area (Å²) in [5.74, 6) is 2.66. The van der Waals surface area contributed by atoms with Gasteiger partial charge in [0.05, 0.1) is 11.0 Å². The molecule has 2 aromatic carbocycles. The van der Waals surface area contributed by atoms with Gasteiger partial charge in [0, 0.05) is 43.4 Å². The van der Waals surface area contributed by atoms with Crippen LogP contribution in [0.15, 0.2) is 60.7 Å². The van der Waals surface area contributed by atoms with Crippen LogP contribution < -0.4 is 5.32 Å². The van der Waals surface area contributed by atoms with Crippen molar-refractivity contribution in [3.63, 3.8) is 0 Å². The Labute approximate surface area is 188 Å². The van der Waals surface area contributed by atoms with Crippen LogP contribution >= 0.6 is 0 Å². The molecule has 0 aliphatic carbocycles. The van der Waals surface area contributed by atoms with Crippen LogP contribution in [0.4, 0.5) is 5.82 Å². The van der Waals surface area contributed by atoms with Gasteiger partial charge in [0.25, 0.3) is 0 Å². The minimum Gasteiger partial charge on any atom is -0.381 e. The molecule has 1 fully saturated rings. The van der Waals surface area contributed by atoms with Crippen molar-refractivity contribution in [1.29, 1.82) is 0 Å². The molecule has 5 rings (SSSR count). The molecule has 6 nitrogen and oxygen atoms in total. The van der Waals surface area contributed by atoms with Crippen molar-refractivity contribution in [3.05, 3.63) is 83.6 Å². The molecule has 0 unspecified atom stereocenters. The van der Waals surface area contributed by atoms with E-state index in [4.69, 9.17) is 4.74 Å². The molecule has 32 heavy (non-hydrogen) atoms. The quantitative estimate of drug-likeness (QED) is 0.451. The first kappa shape index (κ1) is 20.6. The number of para-hydroxylation sites is 2. The molecular formula is C26H29N5O. The minimum atomic E-state index is 0.0623. The highest BCUT2D eigenvalue weighted by Crippen LogP contribution is 2.35. The fraction of sp³-hybridized carbons (Fsp3) is 0.346. The molecule has 1 aliphatic rings. The number of aromatic amines is 1. The molecule has 0 atom stereocenters. The first-order chi connectivity index (χ1) is 15.7. The van der Waals surface area contributed by atoms with Gasteiger partial charge in [0.2, 0.25) is 0 Å². The summed E-state index contributed by atoms with van der Waals surface area (Å²) in [6.45, 7) is 4.38. The van der Waals surface area contributed by atoms with E-state index in [-0.39, 0.29) is 5.41 Å². The molecule has 2 aromatic heterocycles. The van der Waals surface area contributed by atoms with Gasteiger partial charge in [0.1, 0.15) is 17.5 Å². The lowest BCUT2D eigenvalue weighted by Gasteiger charge is -2.38. The molecule has 6 heteroatoms. The van der Waals surface area contributed by atoms with Gasteiger partial charge in [-0.2, -0.15) is 0 Å². The summed E-state index contributed by atoms with van der Waals surface area (Å²) in [6.07, 6.45) is 3.64. The summed E-state index contributed by atoms with van der Waals surface area (Å²) in [5.41, 5.74) is 4.54. The van der Waals surface area contributed by atoms with E-state index in [0.29, 0.717) is 0 Å². The van der Waals surface area contributed by atoms with Crippen molar-refractivity contribution in [2.24, 2.45) is 0 Å². The topological polar surface area (TPSA) is 75.7 Å². The molecule has 1 aliphatic heterocycles. The molecular weight excluding hydrogens is 398 g/mol. The van der Waals surface area contributed by atoms with Gasteiger partial charge in [-0.25, -0.2) is 15.0 Å². The zero-order valence-corrected chi connectivity index (χ0v) is 18.5. The first-order valence-corrected chi connectivity index (χ1v) is 11.4. The summed E-state index contributed by atoms with van der Waals surface area (Å²) in [7, 11) is 0. The summed E-state index contributed by atoms with van der Waals surface area (Å²) >= 11 is 0. The van der Waals surface area contributed by atoms with E-state index < -0.39 is 0 Å². The van der Waals surface area contributed by atoms with Crippen molar-refractivity contribution in [3.8, 4) is 0 Å². The van der Waals surface area contributed by atoms with Crippen LogP contribution in [0.1, 0.15) is 35.7 Å². The number of aryl methyl sites for hydroxylation is 3. The molecule has 4 aromatic rings. The Hall–Kier alpha value is -3.25. The second kappa shape index (κ2) is 9.09. The number of hydrogen-bond donors (Lipinski definition) is 2. The van der Waals surface area contributed by atoms with Crippen molar-refractivity contribution in [2.75, 3.05) is 25.1 Å². The first-order valence-electron chi connectivity index (χ1n) is 11.4. The van der Waals surface area contributed by atoms with Gasteiger partial charge in [-0.05, 0) is 43.9 Å². The average Bonchev–Trinajstić information content (AvgIpc) is 3.26. The van der Waals surface area contributed by atoms with Crippen molar-refractivity contribution in [2.45, 2.75) is 38.0 Å². The van der Waals surface area contributed by atoms with Gasteiger partial charge in [-0.15, -0.1) is 0 Å². The lowest BCUT2D eigenvalue weighted by Crippen LogP contribution is -2.40. The molecule has 0 bridgehead atoms. The number of imidazole rings is 1. The highest BCUT2D eigenvalue weighted by molar-refractivity contribution is 5.74. The molecule has 0 radical (unpaired) electrons. The Bertz CT molecular complexity index is 1150. The zero-order chi connectivity index (χ0) is 21.8. The fourth-order valence-electron chi connectivity index (χ4n) is 4.60. The molecule has 0 spiro atoms. The highest BCUT2D eigenvalue weighted by atomic mass is 16.5. The second-order valence-electron chi connectivity index (χ2n) is 8.60. The predicted molar refractivity (Wildman–Crippen MR) is 127 cm³/mol. The number of aromatic nitrogens is 4. The van der Waals surface area contributed by atoms with Crippen LogP contribution in [-0.2, 0) is 23.0 Å². The monoisotopic (exact) mass is 427 g/mol. The third-order valence-electron chi connectivity index (χ3n) is 6.39. The number of benzene rings is 2. The van der Waals surface area contributed by atoms with E-state index in [1.165, 1.54) is 5.56 Å². The van der Waals surface area contributed by atoms with E-state index in [9.17, 15) is 0 Å². The third-order valence-corrected chi connectivity index (χ3v) is 6.39. The highest BCUT2D eigenvalue weighted by Gasteiger charge is 2.34. The van der Waals surface area contributed by atoms with E-state index in [0.717, 1.165) is 79.6 Å². The molecule has 2 N–H and O–H groups in total. The smallest absolute Gasteiger partial charge is 0.129 e. The number of ether oxygens (including phenoxy) is 1. The number of nitrogens with one attached hydrogen (secondary N) is 2. The Kier molecular flexibility index (Phi) is 5.86. The number of nitrogens with zero attached hydrogens (tertiary/aromatic N) is 3. The lowest BCUT2D eigenvalue weighted by molar-refractivity contribution is 0.0543. The fourth-order valence-corrected chi connectivity index (χ4v) is 4.60. The molecule has 164 valence electrons. The summed E-state index contributed by atoms with van der Waals surface area (Å²) in [4.78, 5) is 17.4.